The van der Waals surface area contributed by atoms with Gasteiger partial charge in [-0.1, -0.05) is 29.8 Å². The summed E-state index contributed by atoms with van der Waals surface area (Å²) in [6.45, 7) is 6.61. The second-order valence-corrected chi connectivity index (χ2v) is 8.34. The van der Waals surface area contributed by atoms with Gasteiger partial charge in [0.05, 0.1) is 0 Å². The summed E-state index contributed by atoms with van der Waals surface area (Å²) in [5.74, 6) is -1.08. The molecule has 2 aromatic rings. The number of carbonyl (C=O) groups excluding carboxylic acids is 1. The predicted octanol–water partition coefficient (Wildman–Crippen LogP) is 4.85. The molecule has 1 aromatic heterocycles. The van der Waals surface area contributed by atoms with Gasteiger partial charge in [0.15, 0.2) is 0 Å². The predicted molar refractivity (Wildman–Crippen MR) is 110 cm³/mol. The Balaban J connectivity index is 1.96. The highest BCUT2D eigenvalue weighted by Crippen LogP contribution is 2.42. The number of esters is 1. The molecule has 1 N–H and O–H groups in total. The van der Waals surface area contributed by atoms with Gasteiger partial charge in [0.25, 0.3) is 0 Å². The summed E-state index contributed by atoms with van der Waals surface area (Å²) in [6.07, 6.45) is -3.28. The molecule has 1 saturated heterocycles. The van der Waals surface area contributed by atoms with Gasteiger partial charge >= 0.3 is 12.1 Å². The molecule has 8 heteroatoms. The zero-order valence-electron chi connectivity index (χ0n) is 17.8. The molecule has 0 radical (unpaired) electrons. The molecule has 1 aromatic carbocycles. The van der Waals surface area contributed by atoms with Crippen LogP contribution in [-0.4, -0.2) is 30.1 Å². The van der Waals surface area contributed by atoms with Crippen LogP contribution in [0.4, 0.5) is 13.2 Å². The van der Waals surface area contributed by atoms with Crippen molar-refractivity contribution in [2.75, 3.05) is 13.1 Å². The smallest absolute Gasteiger partial charge is 0.421 e. The van der Waals surface area contributed by atoms with Gasteiger partial charge in [-0.3, -0.25) is 4.79 Å². The Bertz CT molecular complexity index is 909. The van der Waals surface area contributed by atoms with E-state index in [1.807, 2.05) is 13.0 Å². The molecule has 168 valence electrons. The SMILES string of the molecule is Cc1cccc(C(Oc2ncccc2C(F)(F)F)C(C)(C)C(=O)OC2CCNCC2)c1. The third-order valence-electron chi connectivity index (χ3n) is 5.39. The molecule has 0 saturated carbocycles. The van der Waals surface area contributed by atoms with Crippen molar-refractivity contribution in [2.45, 2.75) is 52.0 Å². The van der Waals surface area contributed by atoms with Crippen molar-refractivity contribution >= 4 is 5.97 Å². The molecule has 1 atom stereocenters. The molecule has 0 spiro atoms. The number of piperidine rings is 1. The van der Waals surface area contributed by atoms with Crippen LogP contribution in [0.15, 0.2) is 42.6 Å². The molecular formula is C23H27F3N2O3. The summed E-state index contributed by atoms with van der Waals surface area (Å²) in [7, 11) is 0. The monoisotopic (exact) mass is 436 g/mol. The molecule has 3 rings (SSSR count). The third kappa shape index (κ3) is 5.55. The second kappa shape index (κ2) is 9.26. The van der Waals surface area contributed by atoms with Crippen LogP contribution in [0.5, 0.6) is 5.88 Å². The lowest BCUT2D eigenvalue weighted by molar-refractivity contribution is -0.167. The van der Waals surface area contributed by atoms with Gasteiger partial charge in [-0.25, -0.2) is 4.98 Å². The zero-order chi connectivity index (χ0) is 22.6. The zero-order valence-corrected chi connectivity index (χ0v) is 17.8. The third-order valence-corrected chi connectivity index (χ3v) is 5.39. The molecule has 1 unspecified atom stereocenters. The fourth-order valence-electron chi connectivity index (χ4n) is 3.60. The summed E-state index contributed by atoms with van der Waals surface area (Å²) in [5.41, 5.74) is -0.786. The lowest BCUT2D eigenvalue weighted by atomic mass is 9.82. The first kappa shape index (κ1) is 23.1. The fraction of sp³-hybridized carbons (Fsp3) is 0.478. The van der Waals surface area contributed by atoms with E-state index in [1.165, 1.54) is 12.3 Å². The number of benzene rings is 1. The number of pyridine rings is 1. The fourth-order valence-corrected chi connectivity index (χ4v) is 3.60. The maximum atomic E-state index is 13.5. The van der Waals surface area contributed by atoms with Gasteiger partial charge in [-0.05, 0) is 64.4 Å². The van der Waals surface area contributed by atoms with E-state index in [0.717, 1.165) is 24.7 Å². The number of carbonyl (C=O) groups is 1. The van der Waals surface area contributed by atoms with Crippen LogP contribution in [-0.2, 0) is 15.7 Å². The Morgan fingerprint density at radius 2 is 1.87 bits per heavy atom. The number of hydrogen-bond acceptors (Lipinski definition) is 5. The molecule has 1 aliphatic rings. The van der Waals surface area contributed by atoms with Gasteiger partial charge in [0.1, 0.15) is 23.2 Å². The van der Waals surface area contributed by atoms with Gasteiger partial charge in [-0.15, -0.1) is 0 Å². The van der Waals surface area contributed by atoms with Crippen molar-refractivity contribution in [1.29, 1.82) is 0 Å². The first-order valence-electron chi connectivity index (χ1n) is 10.3. The Kier molecular flexibility index (Phi) is 6.89. The van der Waals surface area contributed by atoms with E-state index in [9.17, 15) is 18.0 Å². The molecule has 1 aliphatic heterocycles. The number of hydrogen-bond donors (Lipinski definition) is 1. The Hall–Kier alpha value is -2.61. The molecule has 2 heterocycles. The number of aromatic nitrogens is 1. The van der Waals surface area contributed by atoms with Gasteiger partial charge in [0, 0.05) is 6.20 Å². The summed E-state index contributed by atoms with van der Waals surface area (Å²) in [5, 5.41) is 3.20. The molecule has 1 fully saturated rings. The van der Waals surface area contributed by atoms with Gasteiger partial charge in [-0.2, -0.15) is 13.2 Å². The topological polar surface area (TPSA) is 60.5 Å². The maximum Gasteiger partial charge on any atom is 0.421 e. The van der Waals surface area contributed by atoms with Crippen molar-refractivity contribution in [2.24, 2.45) is 5.41 Å². The van der Waals surface area contributed by atoms with Crippen molar-refractivity contribution < 1.29 is 27.4 Å². The quantitative estimate of drug-likeness (QED) is 0.656. The highest BCUT2D eigenvalue weighted by atomic mass is 19.4. The molecule has 31 heavy (non-hydrogen) atoms. The van der Waals surface area contributed by atoms with Crippen LogP contribution in [0.3, 0.4) is 0 Å². The summed E-state index contributed by atoms with van der Waals surface area (Å²) >= 11 is 0. The minimum atomic E-state index is -4.64. The summed E-state index contributed by atoms with van der Waals surface area (Å²) in [6, 6.07) is 9.28. The lowest BCUT2D eigenvalue weighted by Crippen LogP contribution is -2.41. The molecule has 0 bridgehead atoms. The van der Waals surface area contributed by atoms with Crippen molar-refractivity contribution in [1.82, 2.24) is 10.3 Å². The van der Waals surface area contributed by atoms with E-state index in [2.05, 4.69) is 10.3 Å². The molecule has 0 amide bonds. The van der Waals surface area contributed by atoms with Crippen LogP contribution in [0, 0.1) is 12.3 Å². The Labute approximate surface area is 180 Å². The van der Waals surface area contributed by atoms with E-state index < -0.39 is 35.1 Å². The number of nitrogens with one attached hydrogen (secondary N) is 1. The summed E-state index contributed by atoms with van der Waals surface area (Å²) < 4.78 is 52.1. The van der Waals surface area contributed by atoms with Crippen LogP contribution in [0.2, 0.25) is 0 Å². The number of halogens is 3. The average Bonchev–Trinajstić information content (AvgIpc) is 2.72. The van der Waals surface area contributed by atoms with Crippen LogP contribution in [0.25, 0.3) is 0 Å². The highest BCUT2D eigenvalue weighted by molar-refractivity contribution is 5.77. The number of ether oxygens (including phenoxy) is 2. The van der Waals surface area contributed by atoms with Crippen molar-refractivity contribution in [3.05, 3.63) is 59.3 Å². The standard InChI is InChI=1S/C23H27F3N2O3/c1-15-6-4-7-16(14-15)19(31-20-18(23(24,25)26)8-5-11-28-20)22(2,3)21(29)30-17-9-12-27-13-10-17/h4-8,11,14,17,19,27H,9-10,12-13H2,1-3H3. The maximum absolute atomic E-state index is 13.5. The first-order chi connectivity index (χ1) is 14.6. The van der Waals surface area contributed by atoms with Gasteiger partial charge in [0.2, 0.25) is 5.88 Å². The van der Waals surface area contributed by atoms with Crippen LogP contribution >= 0.6 is 0 Å². The van der Waals surface area contributed by atoms with Crippen LogP contribution in [0.1, 0.15) is 49.5 Å². The molecule has 0 aliphatic carbocycles. The normalized spacial score (nSPS) is 16.6. The van der Waals surface area contributed by atoms with E-state index in [1.54, 1.807) is 32.0 Å². The van der Waals surface area contributed by atoms with Gasteiger partial charge < -0.3 is 14.8 Å². The highest BCUT2D eigenvalue weighted by Gasteiger charge is 2.44. The second-order valence-electron chi connectivity index (χ2n) is 8.34. The molecular weight excluding hydrogens is 409 g/mol. The minimum Gasteiger partial charge on any atom is -0.468 e. The van der Waals surface area contributed by atoms with Crippen LogP contribution < -0.4 is 10.1 Å². The number of nitrogens with zero attached hydrogens (tertiary/aromatic N) is 1. The number of aryl methyl sites for hydroxylation is 1. The van der Waals surface area contributed by atoms with Crippen molar-refractivity contribution in [3.8, 4) is 5.88 Å². The Morgan fingerprint density at radius 1 is 1.16 bits per heavy atom. The van der Waals surface area contributed by atoms with E-state index in [4.69, 9.17) is 9.47 Å². The minimum absolute atomic E-state index is 0.230. The van der Waals surface area contributed by atoms with Crippen molar-refractivity contribution in [3.63, 3.8) is 0 Å². The van der Waals surface area contributed by atoms with E-state index in [-0.39, 0.29) is 6.10 Å². The molecule has 5 nitrogen and oxygen atoms in total. The Morgan fingerprint density at radius 3 is 2.52 bits per heavy atom. The van der Waals surface area contributed by atoms with E-state index in [0.29, 0.717) is 18.4 Å². The number of rotatable bonds is 6. The van der Waals surface area contributed by atoms with E-state index >= 15 is 0 Å². The number of alkyl halides is 3. The summed E-state index contributed by atoms with van der Waals surface area (Å²) in [4.78, 5) is 17.0. The lowest BCUT2D eigenvalue weighted by Gasteiger charge is -2.35. The largest absolute Gasteiger partial charge is 0.468 e. The average molecular weight is 436 g/mol. The first-order valence-corrected chi connectivity index (χ1v) is 10.3.